The van der Waals surface area contributed by atoms with Crippen molar-refractivity contribution in [2.24, 2.45) is 23.2 Å². The Bertz CT molecular complexity index is 322. The molecule has 3 aliphatic carbocycles. The van der Waals surface area contributed by atoms with Crippen molar-refractivity contribution >= 4 is 11.8 Å². The molecule has 3 heteroatoms. The van der Waals surface area contributed by atoms with Crippen LogP contribution >= 0.6 is 0 Å². The van der Waals surface area contributed by atoms with Gasteiger partial charge in [-0.05, 0) is 31.6 Å². The summed E-state index contributed by atoms with van der Waals surface area (Å²) >= 11 is 0. The maximum atomic E-state index is 11.8. The van der Waals surface area contributed by atoms with Crippen molar-refractivity contribution in [1.29, 1.82) is 0 Å². The molecule has 3 aliphatic rings. The molecule has 0 spiro atoms. The second-order valence-corrected chi connectivity index (χ2v) is 4.68. The van der Waals surface area contributed by atoms with Gasteiger partial charge in [0.05, 0.1) is 12.0 Å². The number of carbonyl (C=O) groups is 2. The van der Waals surface area contributed by atoms with Crippen LogP contribution in [0.1, 0.15) is 26.2 Å². The fraction of sp³-hybridized carbons (Fsp3) is 0.818. The number of esters is 1. The van der Waals surface area contributed by atoms with Crippen LogP contribution < -0.4 is 0 Å². The van der Waals surface area contributed by atoms with Crippen LogP contribution in [0.3, 0.4) is 0 Å². The predicted molar refractivity (Wildman–Crippen MR) is 48.4 cm³/mol. The van der Waals surface area contributed by atoms with Crippen LogP contribution in [0.2, 0.25) is 0 Å². The molecule has 14 heavy (non-hydrogen) atoms. The molecule has 0 amide bonds. The van der Waals surface area contributed by atoms with Crippen LogP contribution in [0.5, 0.6) is 0 Å². The standard InChI is InChI=1S/C11H14O3/c1-2-14-10(13)11-6-3-4-7(11)9(11)8(12)5-6/h6-7,9H,2-5H2,1H3/t6-,7+,9-,11-/m1/s1. The van der Waals surface area contributed by atoms with Gasteiger partial charge in [0.25, 0.3) is 0 Å². The molecule has 3 nitrogen and oxygen atoms in total. The lowest BCUT2D eigenvalue weighted by atomic mass is 9.92. The number of hydrogen-bond donors (Lipinski definition) is 0. The molecule has 76 valence electrons. The summed E-state index contributed by atoms with van der Waals surface area (Å²) < 4.78 is 5.11. The number of hydrogen-bond acceptors (Lipinski definition) is 3. The van der Waals surface area contributed by atoms with Crippen molar-refractivity contribution < 1.29 is 14.3 Å². The molecule has 0 bridgehead atoms. The number of carbonyl (C=O) groups excluding carboxylic acids is 2. The molecular formula is C11H14O3. The van der Waals surface area contributed by atoms with Gasteiger partial charge in [-0.1, -0.05) is 0 Å². The first kappa shape index (κ1) is 8.45. The molecule has 0 saturated heterocycles. The molecule has 0 N–H and O–H groups in total. The second kappa shape index (κ2) is 2.38. The monoisotopic (exact) mass is 194 g/mol. The van der Waals surface area contributed by atoms with Gasteiger partial charge in [0, 0.05) is 12.3 Å². The fourth-order valence-electron chi connectivity index (χ4n) is 3.90. The van der Waals surface area contributed by atoms with Gasteiger partial charge >= 0.3 is 5.97 Å². The highest BCUT2D eigenvalue weighted by atomic mass is 16.5. The molecule has 3 fully saturated rings. The highest BCUT2D eigenvalue weighted by molar-refractivity contribution is 6.00. The summed E-state index contributed by atoms with van der Waals surface area (Å²) in [5.74, 6) is 0.908. The van der Waals surface area contributed by atoms with E-state index in [2.05, 4.69) is 0 Å². The van der Waals surface area contributed by atoms with E-state index in [9.17, 15) is 9.59 Å². The van der Waals surface area contributed by atoms with Gasteiger partial charge in [-0.25, -0.2) is 0 Å². The van der Waals surface area contributed by atoms with Crippen molar-refractivity contribution in [3.05, 3.63) is 0 Å². The Labute approximate surface area is 82.8 Å². The summed E-state index contributed by atoms with van der Waals surface area (Å²) in [5, 5.41) is 0. The summed E-state index contributed by atoms with van der Waals surface area (Å²) in [6.07, 6.45) is 2.73. The van der Waals surface area contributed by atoms with Crippen molar-refractivity contribution in [1.82, 2.24) is 0 Å². The summed E-state index contributed by atoms with van der Waals surface area (Å²) in [7, 11) is 0. The van der Waals surface area contributed by atoms with Gasteiger partial charge in [-0.3, -0.25) is 9.59 Å². The summed E-state index contributed by atoms with van der Waals surface area (Å²) in [5.41, 5.74) is -0.340. The molecule has 0 aromatic carbocycles. The van der Waals surface area contributed by atoms with Crippen LogP contribution in [-0.4, -0.2) is 18.4 Å². The lowest BCUT2D eigenvalue weighted by Crippen LogP contribution is -2.24. The van der Waals surface area contributed by atoms with E-state index in [1.165, 1.54) is 0 Å². The molecule has 0 unspecified atom stereocenters. The van der Waals surface area contributed by atoms with Gasteiger partial charge in [-0.15, -0.1) is 0 Å². The first-order chi connectivity index (χ1) is 6.72. The first-order valence-corrected chi connectivity index (χ1v) is 5.42. The number of Topliss-reactive ketones (excluding diaryl/α,β-unsaturated/α-hetero) is 1. The minimum Gasteiger partial charge on any atom is -0.466 e. The molecule has 0 radical (unpaired) electrons. The van der Waals surface area contributed by atoms with E-state index in [1.807, 2.05) is 6.92 Å². The van der Waals surface area contributed by atoms with Gasteiger partial charge in [0.1, 0.15) is 5.78 Å². The topological polar surface area (TPSA) is 43.4 Å². The molecule has 0 heterocycles. The molecule has 0 aliphatic heterocycles. The van der Waals surface area contributed by atoms with Crippen molar-refractivity contribution in [3.8, 4) is 0 Å². The predicted octanol–water partition coefficient (Wildman–Crippen LogP) is 1.16. The number of ether oxygens (including phenoxy) is 1. The van der Waals surface area contributed by atoms with Gasteiger partial charge in [0.2, 0.25) is 0 Å². The average molecular weight is 194 g/mol. The van der Waals surface area contributed by atoms with Crippen LogP contribution in [0.25, 0.3) is 0 Å². The normalized spacial score (nSPS) is 47.8. The summed E-state index contributed by atoms with van der Waals surface area (Å²) in [6.45, 7) is 2.26. The molecule has 4 atom stereocenters. The van der Waals surface area contributed by atoms with E-state index in [-0.39, 0.29) is 17.3 Å². The Morgan fingerprint density at radius 2 is 2.36 bits per heavy atom. The van der Waals surface area contributed by atoms with E-state index < -0.39 is 0 Å². The molecule has 0 aromatic rings. The molecular weight excluding hydrogens is 180 g/mol. The Kier molecular flexibility index (Phi) is 1.44. The smallest absolute Gasteiger partial charge is 0.313 e. The van der Waals surface area contributed by atoms with Crippen LogP contribution in [0.4, 0.5) is 0 Å². The van der Waals surface area contributed by atoms with Crippen molar-refractivity contribution in [3.63, 3.8) is 0 Å². The lowest BCUT2D eigenvalue weighted by molar-refractivity contribution is -0.151. The zero-order valence-corrected chi connectivity index (χ0v) is 8.29. The van der Waals surface area contributed by atoms with Crippen molar-refractivity contribution in [2.45, 2.75) is 26.2 Å². The Morgan fingerprint density at radius 3 is 2.93 bits per heavy atom. The summed E-state index contributed by atoms with van der Waals surface area (Å²) in [4.78, 5) is 23.4. The van der Waals surface area contributed by atoms with Gasteiger partial charge in [-0.2, -0.15) is 0 Å². The van der Waals surface area contributed by atoms with E-state index in [0.29, 0.717) is 30.6 Å². The quantitative estimate of drug-likeness (QED) is 0.620. The maximum Gasteiger partial charge on any atom is 0.313 e. The van der Waals surface area contributed by atoms with Crippen LogP contribution in [0, 0.1) is 23.2 Å². The summed E-state index contributed by atoms with van der Waals surface area (Å²) in [6, 6.07) is 0. The fourth-order valence-corrected chi connectivity index (χ4v) is 3.90. The van der Waals surface area contributed by atoms with Crippen LogP contribution in [0.15, 0.2) is 0 Å². The molecule has 3 rings (SSSR count). The average Bonchev–Trinajstić information content (AvgIpc) is 2.64. The molecule has 3 saturated carbocycles. The Morgan fingerprint density at radius 1 is 1.57 bits per heavy atom. The maximum absolute atomic E-state index is 11.8. The number of fused-ring (bicyclic) bond motifs is 1. The zero-order valence-electron chi connectivity index (χ0n) is 8.29. The minimum atomic E-state index is -0.340. The Balaban J connectivity index is 1.92. The van der Waals surface area contributed by atoms with Crippen LogP contribution in [-0.2, 0) is 14.3 Å². The number of ketones is 1. The minimum absolute atomic E-state index is 0.0419. The first-order valence-electron chi connectivity index (χ1n) is 5.42. The largest absolute Gasteiger partial charge is 0.466 e. The highest BCUT2D eigenvalue weighted by Crippen LogP contribution is 2.76. The van der Waals surface area contributed by atoms with E-state index in [0.717, 1.165) is 12.8 Å². The third-order valence-electron chi connectivity index (χ3n) is 4.35. The SMILES string of the molecule is CCOC(=O)[C@]12[C@@H]3CC[C@H]1[C@@H]2C(=O)C3. The highest BCUT2D eigenvalue weighted by Gasteiger charge is 2.82. The third kappa shape index (κ3) is 0.677. The van der Waals surface area contributed by atoms with Gasteiger partial charge < -0.3 is 4.74 Å². The van der Waals surface area contributed by atoms with E-state index in [4.69, 9.17) is 4.74 Å². The zero-order chi connectivity index (χ0) is 9.92. The third-order valence-corrected chi connectivity index (χ3v) is 4.35. The van der Waals surface area contributed by atoms with E-state index in [1.54, 1.807) is 0 Å². The van der Waals surface area contributed by atoms with E-state index >= 15 is 0 Å². The molecule has 0 aromatic heterocycles. The van der Waals surface area contributed by atoms with Gasteiger partial charge in [0.15, 0.2) is 0 Å². The lowest BCUT2D eigenvalue weighted by Gasteiger charge is -2.15. The number of rotatable bonds is 2. The Hall–Kier alpha value is -0.860. The van der Waals surface area contributed by atoms with Crippen molar-refractivity contribution in [2.75, 3.05) is 6.61 Å². The second-order valence-electron chi connectivity index (χ2n) is 4.68.